The molecule has 0 aromatic heterocycles. The molecular weight excluding hydrogens is 278 g/mol. The van der Waals surface area contributed by atoms with Gasteiger partial charge in [-0.25, -0.2) is 8.42 Å². The van der Waals surface area contributed by atoms with E-state index in [4.69, 9.17) is 5.11 Å². The van der Waals surface area contributed by atoms with Gasteiger partial charge in [0, 0.05) is 13.0 Å². The van der Waals surface area contributed by atoms with Crippen LogP contribution in [0.25, 0.3) is 0 Å². The molecule has 2 N–H and O–H groups in total. The van der Waals surface area contributed by atoms with Crippen molar-refractivity contribution in [3.05, 3.63) is 0 Å². The van der Waals surface area contributed by atoms with Gasteiger partial charge in [-0.2, -0.15) is 4.31 Å². The first-order valence-electron chi connectivity index (χ1n) is 5.84. The van der Waals surface area contributed by atoms with E-state index in [1.54, 1.807) is 6.92 Å². The van der Waals surface area contributed by atoms with Gasteiger partial charge in [-0.3, -0.25) is 9.59 Å². The van der Waals surface area contributed by atoms with E-state index < -0.39 is 39.9 Å². The van der Waals surface area contributed by atoms with E-state index in [0.717, 1.165) is 4.31 Å². The summed E-state index contributed by atoms with van der Waals surface area (Å²) in [6.45, 7) is 1.49. The summed E-state index contributed by atoms with van der Waals surface area (Å²) < 4.78 is 29.2. The minimum atomic E-state index is -3.91. The zero-order chi connectivity index (χ0) is 14.6. The zero-order valence-electron chi connectivity index (χ0n) is 10.5. The lowest BCUT2D eigenvalue weighted by molar-refractivity contribution is -0.142. The van der Waals surface area contributed by atoms with Crippen LogP contribution in [0.15, 0.2) is 0 Å². The number of carboxylic acids is 1. The zero-order valence-corrected chi connectivity index (χ0v) is 11.3. The Balaban J connectivity index is 2.71. The summed E-state index contributed by atoms with van der Waals surface area (Å²) in [5.41, 5.74) is 0. The van der Waals surface area contributed by atoms with Gasteiger partial charge in [0.15, 0.2) is 0 Å². The summed E-state index contributed by atoms with van der Waals surface area (Å²) in [5.74, 6) is -2.49. The van der Waals surface area contributed by atoms with Crippen molar-refractivity contribution in [3.8, 4) is 0 Å². The second-order valence-corrected chi connectivity index (χ2v) is 6.23. The smallest absolute Gasteiger partial charge is 0.322 e. The quantitative estimate of drug-likeness (QED) is 0.590. The van der Waals surface area contributed by atoms with Crippen LogP contribution >= 0.6 is 0 Å². The number of β-amino-alcohol motifs (C(OH)–C–C–N with tert-alkyl or cyclic N) is 1. The van der Waals surface area contributed by atoms with Gasteiger partial charge >= 0.3 is 11.9 Å². The number of sulfonamides is 1. The summed E-state index contributed by atoms with van der Waals surface area (Å²) in [4.78, 5) is 22.0. The maximum atomic E-state index is 11.9. The Bertz CT molecular complexity index is 447. The molecule has 8 nitrogen and oxygen atoms in total. The highest BCUT2D eigenvalue weighted by Crippen LogP contribution is 2.22. The van der Waals surface area contributed by atoms with Crippen LogP contribution in [0.4, 0.5) is 0 Å². The average molecular weight is 295 g/mol. The minimum Gasteiger partial charge on any atom is -0.480 e. The molecule has 1 rings (SSSR count). The number of rotatable bonds is 6. The van der Waals surface area contributed by atoms with E-state index in [2.05, 4.69) is 4.74 Å². The first-order valence-corrected chi connectivity index (χ1v) is 7.45. The molecule has 9 heteroatoms. The van der Waals surface area contributed by atoms with Crippen molar-refractivity contribution in [1.82, 2.24) is 4.31 Å². The van der Waals surface area contributed by atoms with Crippen LogP contribution in [0.5, 0.6) is 0 Å². The molecule has 1 saturated heterocycles. The van der Waals surface area contributed by atoms with E-state index >= 15 is 0 Å². The SMILES string of the molecule is CCOC(=O)CCS(=O)(=O)N1C[C@H](O)C[C@@H]1C(=O)O. The Morgan fingerprint density at radius 3 is 2.58 bits per heavy atom. The number of carboxylic acid groups (broad SMARTS) is 1. The highest BCUT2D eigenvalue weighted by molar-refractivity contribution is 7.89. The highest BCUT2D eigenvalue weighted by Gasteiger charge is 2.42. The van der Waals surface area contributed by atoms with E-state index in [1.807, 2.05) is 0 Å². The van der Waals surface area contributed by atoms with Crippen LogP contribution in [-0.2, 0) is 24.3 Å². The maximum absolute atomic E-state index is 11.9. The lowest BCUT2D eigenvalue weighted by Gasteiger charge is -2.20. The molecule has 1 heterocycles. The molecule has 0 unspecified atom stereocenters. The Morgan fingerprint density at radius 2 is 2.05 bits per heavy atom. The number of carbonyl (C=O) groups is 2. The third kappa shape index (κ3) is 4.15. The lowest BCUT2D eigenvalue weighted by Crippen LogP contribution is -2.42. The van der Waals surface area contributed by atoms with Crippen molar-refractivity contribution in [2.45, 2.75) is 31.9 Å². The number of aliphatic carboxylic acids is 1. The number of esters is 1. The fraction of sp³-hybridized carbons (Fsp3) is 0.800. The summed E-state index contributed by atoms with van der Waals surface area (Å²) in [6, 6.07) is -1.28. The van der Waals surface area contributed by atoms with Crippen LogP contribution in [-0.4, -0.2) is 65.9 Å². The Morgan fingerprint density at radius 1 is 1.42 bits per heavy atom. The van der Waals surface area contributed by atoms with Crippen molar-refractivity contribution < 1.29 is 33.0 Å². The van der Waals surface area contributed by atoms with Crippen LogP contribution in [0.3, 0.4) is 0 Å². The number of carbonyl (C=O) groups excluding carboxylic acids is 1. The van der Waals surface area contributed by atoms with Crippen molar-refractivity contribution >= 4 is 22.0 Å². The fourth-order valence-corrected chi connectivity index (χ4v) is 3.50. The summed E-state index contributed by atoms with van der Waals surface area (Å²) in [5, 5.41) is 18.3. The van der Waals surface area contributed by atoms with Crippen molar-refractivity contribution in [1.29, 1.82) is 0 Å². The monoisotopic (exact) mass is 295 g/mol. The molecule has 0 bridgehead atoms. The van der Waals surface area contributed by atoms with Crippen molar-refractivity contribution in [3.63, 3.8) is 0 Å². The van der Waals surface area contributed by atoms with E-state index in [0.29, 0.717) is 0 Å². The van der Waals surface area contributed by atoms with Crippen LogP contribution < -0.4 is 0 Å². The second-order valence-electron chi connectivity index (χ2n) is 4.18. The molecule has 0 radical (unpaired) electrons. The molecule has 1 fully saturated rings. The normalized spacial score (nSPS) is 24.3. The Kier molecular flexibility index (Phi) is 5.27. The van der Waals surface area contributed by atoms with Gasteiger partial charge in [0.25, 0.3) is 0 Å². The number of nitrogens with zero attached hydrogens (tertiary/aromatic N) is 1. The average Bonchev–Trinajstić information content (AvgIpc) is 2.70. The Labute approximate surface area is 111 Å². The maximum Gasteiger partial charge on any atom is 0.322 e. The largest absolute Gasteiger partial charge is 0.480 e. The van der Waals surface area contributed by atoms with E-state index in [-0.39, 0.29) is 26.0 Å². The van der Waals surface area contributed by atoms with Crippen LogP contribution in [0, 0.1) is 0 Å². The lowest BCUT2D eigenvalue weighted by atomic mass is 10.2. The number of aliphatic hydroxyl groups is 1. The van der Waals surface area contributed by atoms with Gasteiger partial charge in [0.1, 0.15) is 6.04 Å². The summed E-state index contributed by atoms with van der Waals surface area (Å²) in [7, 11) is -3.91. The summed E-state index contributed by atoms with van der Waals surface area (Å²) >= 11 is 0. The second kappa shape index (κ2) is 6.31. The van der Waals surface area contributed by atoms with Gasteiger partial charge in [-0.15, -0.1) is 0 Å². The molecule has 0 aliphatic carbocycles. The van der Waals surface area contributed by atoms with Crippen molar-refractivity contribution in [2.24, 2.45) is 0 Å². The first-order chi connectivity index (χ1) is 8.77. The molecule has 1 aliphatic heterocycles. The molecular formula is C10H17NO7S. The van der Waals surface area contributed by atoms with Gasteiger partial charge < -0.3 is 14.9 Å². The predicted octanol–water partition coefficient (Wildman–Crippen LogP) is -1.21. The predicted molar refractivity (Wildman–Crippen MR) is 63.8 cm³/mol. The topological polar surface area (TPSA) is 121 Å². The molecule has 0 aromatic carbocycles. The molecule has 0 aromatic rings. The first kappa shape index (κ1) is 15.9. The molecule has 0 saturated carbocycles. The van der Waals surface area contributed by atoms with Crippen LogP contribution in [0.1, 0.15) is 19.8 Å². The number of aliphatic hydroxyl groups excluding tert-OH is 1. The Hall–Kier alpha value is -1.19. The van der Waals surface area contributed by atoms with Gasteiger partial charge in [-0.1, -0.05) is 0 Å². The molecule has 110 valence electrons. The molecule has 1 aliphatic rings. The fourth-order valence-electron chi connectivity index (χ4n) is 1.88. The minimum absolute atomic E-state index is 0.145. The third-order valence-corrected chi connectivity index (χ3v) is 4.58. The molecule has 2 atom stereocenters. The molecule has 19 heavy (non-hydrogen) atoms. The molecule has 0 amide bonds. The highest BCUT2D eigenvalue weighted by atomic mass is 32.2. The number of hydrogen-bond acceptors (Lipinski definition) is 6. The van der Waals surface area contributed by atoms with E-state index in [1.165, 1.54) is 0 Å². The van der Waals surface area contributed by atoms with Gasteiger partial charge in [0.2, 0.25) is 10.0 Å². The van der Waals surface area contributed by atoms with Gasteiger partial charge in [-0.05, 0) is 6.92 Å². The van der Waals surface area contributed by atoms with Crippen molar-refractivity contribution in [2.75, 3.05) is 18.9 Å². The van der Waals surface area contributed by atoms with Crippen LogP contribution in [0.2, 0.25) is 0 Å². The van der Waals surface area contributed by atoms with E-state index in [9.17, 15) is 23.1 Å². The number of ether oxygens (including phenoxy) is 1. The standard InChI is InChI=1S/C10H17NO7S/c1-2-18-9(13)3-4-19(16,17)11-6-7(12)5-8(11)10(14)15/h7-8,12H,2-6H2,1H3,(H,14,15)/t7-,8-/m1/s1. The third-order valence-electron chi connectivity index (χ3n) is 2.75. The number of hydrogen-bond donors (Lipinski definition) is 2. The summed E-state index contributed by atoms with van der Waals surface area (Å²) in [6.07, 6.45) is -1.48. The van der Waals surface area contributed by atoms with Gasteiger partial charge in [0.05, 0.1) is 24.9 Å². The molecule has 0 spiro atoms.